The van der Waals surface area contributed by atoms with Crippen LogP contribution in [-0.2, 0) is 10.0 Å². The number of aromatic nitrogens is 1. The van der Waals surface area contributed by atoms with Gasteiger partial charge in [0, 0.05) is 6.54 Å². The van der Waals surface area contributed by atoms with Gasteiger partial charge in [-0.1, -0.05) is 0 Å². The fraction of sp³-hybridized carbons (Fsp3) is 0.286. The first-order chi connectivity index (χ1) is 6.47. The van der Waals surface area contributed by atoms with Crippen molar-refractivity contribution in [1.82, 2.24) is 4.98 Å². The number of rotatable bonds is 4. The zero-order valence-corrected chi connectivity index (χ0v) is 8.29. The Morgan fingerprint density at radius 3 is 2.64 bits per heavy atom. The number of hydrogen-bond acceptors (Lipinski definition) is 5. The van der Waals surface area contributed by atoms with Gasteiger partial charge in [-0.05, 0) is 12.1 Å². The minimum absolute atomic E-state index is 0.126. The number of nitrogens with two attached hydrogens (primary N) is 2. The van der Waals surface area contributed by atoms with Crippen LogP contribution in [0, 0.1) is 0 Å². The van der Waals surface area contributed by atoms with E-state index in [1.807, 2.05) is 0 Å². The van der Waals surface area contributed by atoms with Gasteiger partial charge < -0.3 is 11.1 Å². The van der Waals surface area contributed by atoms with Gasteiger partial charge in [-0.2, -0.15) is 0 Å². The summed E-state index contributed by atoms with van der Waals surface area (Å²) < 4.78 is 21.1. The number of anilines is 2. The highest BCUT2D eigenvalue weighted by Crippen LogP contribution is 2.04. The lowest BCUT2D eigenvalue weighted by molar-refractivity contribution is 0.598. The van der Waals surface area contributed by atoms with Crippen LogP contribution in [0.4, 0.5) is 11.5 Å². The van der Waals surface area contributed by atoms with E-state index in [1.165, 1.54) is 6.20 Å². The second-order valence-corrected chi connectivity index (χ2v) is 4.50. The number of hydrogen-bond donors (Lipinski definition) is 3. The second kappa shape index (κ2) is 4.25. The molecule has 78 valence electrons. The number of nitrogen functional groups attached to an aromatic ring is 1. The molecule has 6 nitrogen and oxygen atoms in total. The summed E-state index contributed by atoms with van der Waals surface area (Å²) in [4.78, 5) is 3.93. The molecule has 0 aliphatic heterocycles. The highest BCUT2D eigenvalue weighted by molar-refractivity contribution is 7.89. The Labute approximate surface area is 82.4 Å². The zero-order chi connectivity index (χ0) is 10.6. The Hall–Kier alpha value is -1.34. The summed E-state index contributed by atoms with van der Waals surface area (Å²) in [6.07, 6.45) is 1.49. The van der Waals surface area contributed by atoms with Crippen LogP contribution in [0.2, 0.25) is 0 Å². The van der Waals surface area contributed by atoms with E-state index in [0.717, 1.165) is 0 Å². The molecule has 5 N–H and O–H groups in total. The maximum Gasteiger partial charge on any atom is 0.210 e. The minimum Gasteiger partial charge on any atom is -0.397 e. The molecule has 0 saturated carbocycles. The van der Waals surface area contributed by atoms with Gasteiger partial charge in [0.15, 0.2) is 0 Å². The summed E-state index contributed by atoms with van der Waals surface area (Å²) in [6.45, 7) is 0.232. The van der Waals surface area contributed by atoms with E-state index in [0.29, 0.717) is 11.5 Å². The molecular formula is C7H12N4O2S. The molecule has 1 heterocycles. The Kier molecular flexibility index (Phi) is 3.26. The van der Waals surface area contributed by atoms with Gasteiger partial charge in [-0.15, -0.1) is 0 Å². The number of sulfonamides is 1. The Morgan fingerprint density at radius 1 is 1.43 bits per heavy atom. The predicted octanol–water partition coefficient (Wildman–Crippen LogP) is -0.636. The van der Waals surface area contributed by atoms with Crippen molar-refractivity contribution in [2.45, 2.75) is 0 Å². The van der Waals surface area contributed by atoms with Crippen LogP contribution in [0.3, 0.4) is 0 Å². The van der Waals surface area contributed by atoms with E-state index in [2.05, 4.69) is 10.3 Å². The van der Waals surface area contributed by atoms with Gasteiger partial charge in [-0.25, -0.2) is 18.5 Å². The molecule has 0 saturated heterocycles. The largest absolute Gasteiger partial charge is 0.397 e. The lowest BCUT2D eigenvalue weighted by atomic mass is 10.4. The van der Waals surface area contributed by atoms with Gasteiger partial charge in [0.25, 0.3) is 0 Å². The average Bonchev–Trinajstić information content (AvgIpc) is 2.06. The van der Waals surface area contributed by atoms with Crippen molar-refractivity contribution in [2.75, 3.05) is 23.3 Å². The van der Waals surface area contributed by atoms with Crippen molar-refractivity contribution in [2.24, 2.45) is 5.14 Å². The minimum atomic E-state index is -3.42. The topological polar surface area (TPSA) is 111 Å². The third-order valence-electron chi connectivity index (χ3n) is 1.48. The van der Waals surface area contributed by atoms with Crippen LogP contribution in [0.25, 0.3) is 0 Å². The smallest absolute Gasteiger partial charge is 0.210 e. The van der Waals surface area contributed by atoms with Gasteiger partial charge in [0.2, 0.25) is 10.0 Å². The normalized spacial score (nSPS) is 11.2. The molecule has 0 bridgehead atoms. The van der Waals surface area contributed by atoms with Crippen LogP contribution in [0.1, 0.15) is 0 Å². The zero-order valence-electron chi connectivity index (χ0n) is 7.47. The van der Waals surface area contributed by atoms with E-state index in [1.54, 1.807) is 12.1 Å². The van der Waals surface area contributed by atoms with E-state index in [4.69, 9.17) is 10.9 Å². The highest BCUT2D eigenvalue weighted by atomic mass is 32.2. The van der Waals surface area contributed by atoms with Crippen LogP contribution in [0.15, 0.2) is 18.3 Å². The maximum atomic E-state index is 10.6. The fourth-order valence-corrected chi connectivity index (χ4v) is 1.22. The molecule has 14 heavy (non-hydrogen) atoms. The van der Waals surface area contributed by atoms with Crippen molar-refractivity contribution >= 4 is 21.5 Å². The molecule has 1 rings (SSSR count). The maximum absolute atomic E-state index is 10.6. The summed E-state index contributed by atoms with van der Waals surface area (Å²) in [6, 6.07) is 3.34. The first kappa shape index (κ1) is 10.7. The molecule has 0 radical (unpaired) electrons. The molecule has 0 aliphatic carbocycles. The van der Waals surface area contributed by atoms with Crippen LogP contribution < -0.4 is 16.2 Å². The molecule has 0 aromatic carbocycles. The molecule has 1 aromatic rings. The van der Waals surface area contributed by atoms with E-state index in [9.17, 15) is 8.42 Å². The Morgan fingerprint density at radius 2 is 2.14 bits per heavy atom. The summed E-state index contributed by atoms with van der Waals surface area (Å²) in [5, 5.41) is 7.62. The predicted molar refractivity (Wildman–Crippen MR) is 55.1 cm³/mol. The third kappa shape index (κ3) is 4.06. The van der Waals surface area contributed by atoms with Gasteiger partial charge in [0.05, 0.1) is 17.6 Å². The van der Waals surface area contributed by atoms with Crippen molar-refractivity contribution in [3.8, 4) is 0 Å². The molecule has 0 unspecified atom stereocenters. The van der Waals surface area contributed by atoms with Crippen molar-refractivity contribution < 1.29 is 8.42 Å². The summed E-state index contributed by atoms with van der Waals surface area (Å²) in [7, 11) is -3.42. The van der Waals surface area contributed by atoms with Crippen LogP contribution >= 0.6 is 0 Å². The van der Waals surface area contributed by atoms with Gasteiger partial charge in [-0.3, -0.25) is 0 Å². The first-order valence-corrected chi connectivity index (χ1v) is 5.65. The van der Waals surface area contributed by atoms with E-state index < -0.39 is 10.0 Å². The van der Waals surface area contributed by atoms with E-state index in [-0.39, 0.29) is 12.3 Å². The molecule has 0 amide bonds. The van der Waals surface area contributed by atoms with Crippen molar-refractivity contribution in [1.29, 1.82) is 0 Å². The average molecular weight is 216 g/mol. The number of primary sulfonamides is 1. The molecule has 0 atom stereocenters. The SMILES string of the molecule is Nc1ccc(NCCS(N)(=O)=O)nc1. The van der Waals surface area contributed by atoms with Crippen molar-refractivity contribution in [3.05, 3.63) is 18.3 Å². The number of pyridine rings is 1. The summed E-state index contributed by atoms with van der Waals surface area (Å²) >= 11 is 0. The fourth-order valence-electron chi connectivity index (χ4n) is 0.831. The molecule has 0 spiro atoms. The molecule has 0 aliphatic rings. The number of nitrogens with zero attached hydrogens (tertiary/aromatic N) is 1. The van der Waals surface area contributed by atoms with E-state index >= 15 is 0 Å². The van der Waals surface area contributed by atoms with Crippen molar-refractivity contribution in [3.63, 3.8) is 0 Å². The molecule has 7 heteroatoms. The highest BCUT2D eigenvalue weighted by Gasteiger charge is 2.01. The lowest BCUT2D eigenvalue weighted by Crippen LogP contribution is -2.22. The standard InChI is InChI=1S/C7H12N4O2S/c8-6-1-2-7(11-5-6)10-3-4-14(9,12)13/h1-2,5H,3-4,8H2,(H,10,11)(H2,9,12,13). The monoisotopic (exact) mass is 216 g/mol. The number of nitrogens with one attached hydrogen (secondary N) is 1. The molecular weight excluding hydrogens is 204 g/mol. The molecule has 0 fully saturated rings. The lowest BCUT2D eigenvalue weighted by Gasteiger charge is -2.03. The quantitative estimate of drug-likeness (QED) is 0.620. The van der Waals surface area contributed by atoms with Crippen LogP contribution in [0.5, 0.6) is 0 Å². The van der Waals surface area contributed by atoms with Crippen LogP contribution in [-0.4, -0.2) is 25.7 Å². The second-order valence-electron chi connectivity index (χ2n) is 2.77. The summed E-state index contributed by atoms with van der Waals surface area (Å²) in [5.74, 6) is 0.446. The van der Waals surface area contributed by atoms with Gasteiger partial charge in [0.1, 0.15) is 5.82 Å². The summed E-state index contributed by atoms with van der Waals surface area (Å²) in [5.41, 5.74) is 5.98. The third-order valence-corrected chi connectivity index (χ3v) is 2.25. The Balaban J connectivity index is 2.43. The first-order valence-electron chi connectivity index (χ1n) is 3.93. The Bertz CT molecular complexity index is 387. The van der Waals surface area contributed by atoms with Gasteiger partial charge >= 0.3 is 0 Å². The molecule has 1 aromatic heterocycles.